The Labute approximate surface area is 185 Å². The molecular weight excluding hydrogens is 390 g/mol. The molecule has 1 atom stereocenters. The summed E-state index contributed by atoms with van der Waals surface area (Å²) < 4.78 is 5.41. The highest BCUT2D eigenvalue weighted by Gasteiger charge is 2.38. The lowest BCUT2D eigenvalue weighted by atomic mass is 9.82. The molecule has 1 unspecified atom stereocenters. The second-order valence-electron chi connectivity index (χ2n) is 9.47. The molecule has 0 spiro atoms. The number of aromatic nitrogens is 1. The Morgan fingerprint density at radius 1 is 1.32 bits per heavy atom. The van der Waals surface area contributed by atoms with Crippen LogP contribution in [0.3, 0.4) is 0 Å². The molecule has 2 heterocycles. The molecule has 0 aliphatic carbocycles. The molecule has 1 amide bonds. The Bertz CT molecular complexity index is 921. The van der Waals surface area contributed by atoms with E-state index < -0.39 is 11.6 Å². The molecule has 1 aliphatic heterocycles. The maximum atomic E-state index is 13.4. The number of hydrogen-bond acceptors (Lipinski definition) is 6. The lowest BCUT2D eigenvalue weighted by Crippen LogP contribution is -2.57. The fraction of sp³-hybridized carbons (Fsp3) is 0.625. The maximum absolute atomic E-state index is 13.4. The molecular formula is C24H35N5O2. The summed E-state index contributed by atoms with van der Waals surface area (Å²) in [6.07, 6.45) is 3.95. The van der Waals surface area contributed by atoms with Crippen LogP contribution in [-0.2, 0) is 4.79 Å². The summed E-state index contributed by atoms with van der Waals surface area (Å²) in [7, 11) is 0. The molecule has 168 valence electrons. The van der Waals surface area contributed by atoms with Gasteiger partial charge in [-0.25, -0.2) is 0 Å². The topological polar surface area (TPSA) is 94.2 Å². The minimum atomic E-state index is -0.816. The fourth-order valence-electron chi connectivity index (χ4n) is 4.12. The Hall–Kier alpha value is -2.59. The van der Waals surface area contributed by atoms with Crippen molar-refractivity contribution in [3.63, 3.8) is 0 Å². The number of hydrogen-bond donors (Lipinski definition) is 2. The molecule has 1 aliphatic rings. The minimum Gasteiger partial charge on any atom is -0.355 e. The van der Waals surface area contributed by atoms with E-state index in [0.717, 1.165) is 37.9 Å². The van der Waals surface area contributed by atoms with Crippen molar-refractivity contribution in [1.29, 1.82) is 5.26 Å². The molecule has 0 saturated carbocycles. The van der Waals surface area contributed by atoms with E-state index in [1.165, 1.54) is 0 Å². The van der Waals surface area contributed by atoms with Gasteiger partial charge in [-0.2, -0.15) is 5.26 Å². The van der Waals surface area contributed by atoms with Crippen molar-refractivity contribution < 1.29 is 9.32 Å². The molecule has 0 bridgehead atoms. The van der Waals surface area contributed by atoms with Crippen molar-refractivity contribution in [1.82, 2.24) is 15.4 Å². The smallest absolute Gasteiger partial charge is 0.243 e. The number of nitrogens with one attached hydrogen (secondary N) is 2. The summed E-state index contributed by atoms with van der Waals surface area (Å²) in [4.78, 5) is 15.8. The fourth-order valence-corrected chi connectivity index (χ4v) is 4.12. The summed E-state index contributed by atoms with van der Waals surface area (Å²) in [6, 6.07) is 9.49. The molecule has 1 aromatic heterocycles. The van der Waals surface area contributed by atoms with Crippen LogP contribution in [0.4, 0.5) is 5.82 Å². The molecule has 0 radical (unpaired) electrons. The number of piperidine rings is 1. The number of amides is 1. The number of carbonyl (C=O) groups excluding carboxylic acids is 1. The molecule has 31 heavy (non-hydrogen) atoms. The average Bonchev–Trinajstić information content (AvgIpc) is 3.18. The third-order valence-electron chi connectivity index (χ3n) is 6.54. The van der Waals surface area contributed by atoms with E-state index >= 15 is 0 Å². The number of nitrogens with zero attached hydrogens (tertiary/aromatic N) is 3. The second-order valence-corrected chi connectivity index (χ2v) is 9.47. The van der Waals surface area contributed by atoms with Crippen molar-refractivity contribution in [3.05, 3.63) is 24.3 Å². The summed E-state index contributed by atoms with van der Waals surface area (Å²) in [5.74, 6) is 0.408. The van der Waals surface area contributed by atoms with E-state index in [1.807, 2.05) is 24.3 Å². The van der Waals surface area contributed by atoms with Crippen LogP contribution in [0.25, 0.3) is 11.0 Å². The van der Waals surface area contributed by atoms with Gasteiger partial charge in [0.15, 0.2) is 11.4 Å². The van der Waals surface area contributed by atoms with Crippen LogP contribution in [0, 0.1) is 16.7 Å². The van der Waals surface area contributed by atoms with E-state index in [0.29, 0.717) is 30.7 Å². The van der Waals surface area contributed by atoms with Crippen molar-refractivity contribution in [2.24, 2.45) is 5.41 Å². The van der Waals surface area contributed by atoms with Gasteiger partial charge in [-0.05, 0) is 49.8 Å². The first-order chi connectivity index (χ1) is 14.8. The number of carbonyl (C=O) groups is 1. The highest BCUT2D eigenvalue weighted by molar-refractivity contribution is 5.91. The standard InChI is InChI=1S/C24H35N5O2/c1-5-13-29-14-11-24(17-25,12-15-29)27-22(30)19(16-23(3,4)6-2)26-21-18-9-7-8-10-20(18)31-28-21/h7-10,19H,5-6,11-16H2,1-4H3,(H,26,28)(H,27,30). The first-order valence-corrected chi connectivity index (χ1v) is 11.4. The van der Waals surface area contributed by atoms with Gasteiger partial charge in [-0.15, -0.1) is 0 Å². The van der Waals surface area contributed by atoms with Gasteiger partial charge < -0.3 is 20.1 Å². The van der Waals surface area contributed by atoms with E-state index in [1.54, 1.807) is 0 Å². The molecule has 7 heteroatoms. The number of anilines is 1. The van der Waals surface area contributed by atoms with Gasteiger partial charge in [0.1, 0.15) is 11.6 Å². The number of nitriles is 1. The molecule has 1 aromatic carbocycles. The van der Waals surface area contributed by atoms with Gasteiger partial charge in [0.25, 0.3) is 0 Å². The highest BCUT2D eigenvalue weighted by atomic mass is 16.5. The molecule has 3 rings (SSSR count). The number of fused-ring (bicyclic) bond motifs is 1. The van der Waals surface area contributed by atoms with Gasteiger partial charge in [0.05, 0.1) is 11.5 Å². The number of para-hydroxylation sites is 1. The molecule has 1 fully saturated rings. The van der Waals surface area contributed by atoms with Gasteiger partial charge in [-0.1, -0.05) is 51.4 Å². The Kier molecular flexibility index (Phi) is 7.22. The molecule has 1 saturated heterocycles. The number of likely N-dealkylation sites (tertiary alicyclic amines) is 1. The van der Waals surface area contributed by atoms with Gasteiger partial charge >= 0.3 is 0 Å². The highest BCUT2D eigenvalue weighted by Crippen LogP contribution is 2.30. The van der Waals surface area contributed by atoms with Crippen LogP contribution >= 0.6 is 0 Å². The number of rotatable bonds is 9. The summed E-state index contributed by atoms with van der Waals surface area (Å²) in [5.41, 5.74) is -0.182. The summed E-state index contributed by atoms with van der Waals surface area (Å²) in [5, 5.41) is 21.3. The average molecular weight is 426 g/mol. The van der Waals surface area contributed by atoms with E-state index in [4.69, 9.17) is 4.52 Å². The van der Waals surface area contributed by atoms with Crippen LogP contribution < -0.4 is 10.6 Å². The van der Waals surface area contributed by atoms with Crippen LogP contribution in [0.5, 0.6) is 0 Å². The third-order valence-corrected chi connectivity index (χ3v) is 6.54. The van der Waals surface area contributed by atoms with Crippen molar-refractivity contribution in [3.8, 4) is 6.07 Å². The normalized spacial score (nSPS) is 17.8. The molecule has 7 nitrogen and oxygen atoms in total. The molecule has 2 N–H and O–H groups in total. The predicted molar refractivity (Wildman–Crippen MR) is 123 cm³/mol. The Balaban J connectivity index is 1.78. The third kappa shape index (κ3) is 5.56. The van der Waals surface area contributed by atoms with Crippen LogP contribution in [0.15, 0.2) is 28.8 Å². The van der Waals surface area contributed by atoms with Gasteiger partial charge in [0, 0.05) is 13.1 Å². The first-order valence-electron chi connectivity index (χ1n) is 11.4. The van der Waals surface area contributed by atoms with Crippen LogP contribution in [0.1, 0.15) is 59.8 Å². The van der Waals surface area contributed by atoms with Crippen LogP contribution in [-0.4, -0.2) is 47.2 Å². The molecule has 2 aromatic rings. The SMILES string of the molecule is CCCN1CCC(C#N)(NC(=O)C(CC(C)(C)CC)Nc2noc3ccccc23)CC1. The zero-order valence-electron chi connectivity index (χ0n) is 19.2. The quantitative estimate of drug-likeness (QED) is 0.621. The lowest BCUT2D eigenvalue weighted by Gasteiger charge is -2.39. The largest absolute Gasteiger partial charge is 0.355 e. The van der Waals surface area contributed by atoms with E-state index in [9.17, 15) is 10.1 Å². The van der Waals surface area contributed by atoms with Gasteiger partial charge in [0.2, 0.25) is 5.91 Å². The minimum absolute atomic E-state index is 0.0428. The first kappa shape index (κ1) is 23.1. The monoisotopic (exact) mass is 425 g/mol. The zero-order valence-corrected chi connectivity index (χ0v) is 19.2. The number of benzene rings is 1. The van der Waals surface area contributed by atoms with Crippen LogP contribution in [0.2, 0.25) is 0 Å². The second kappa shape index (κ2) is 9.69. The van der Waals surface area contributed by atoms with E-state index in [2.05, 4.69) is 54.5 Å². The van der Waals surface area contributed by atoms with E-state index in [-0.39, 0.29) is 11.3 Å². The van der Waals surface area contributed by atoms with Gasteiger partial charge in [-0.3, -0.25) is 4.79 Å². The zero-order chi connectivity index (χ0) is 22.5. The lowest BCUT2D eigenvalue weighted by molar-refractivity contribution is -0.124. The van der Waals surface area contributed by atoms with Crippen molar-refractivity contribution in [2.75, 3.05) is 25.0 Å². The predicted octanol–water partition coefficient (Wildman–Crippen LogP) is 4.32. The summed E-state index contributed by atoms with van der Waals surface area (Å²) >= 11 is 0. The Morgan fingerprint density at radius 3 is 2.68 bits per heavy atom. The van der Waals surface area contributed by atoms with Crippen molar-refractivity contribution >= 4 is 22.7 Å². The summed E-state index contributed by atoms with van der Waals surface area (Å²) in [6.45, 7) is 11.3. The Morgan fingerprint density at radius 2 is 2.03 bits per heavy atom. The van der Waals surface area contributed by atoms with Crippen molar-refractivity contribution in [2.45, 2.75) is 71.4 Å². The maximum Gasteiger partial charge on any atom is 0.243 e.